The monoisotopic (exact) mass is 502 g/mol. The maximum atomic E-state index is 13.7. The van der Waals surface area contributed by atoms with Crippen molar-refractivity contribution in [3.8, 4) is 0 Å². The quantitative estimate of drug-likeness (QED) is 0.494. The van der Waals surface area contributed by atoms with Crippen molar-refractivity contribution in [3.63, 3.8) is 0 Å². The summed E-state index contributed by atoms with van der Waals surface area (Å²) in [6.07, 6.45) is 12.5. The molecule has 2 aliphatic rings. The largest absolute Gasteiger partial charge is 0.480 e. The van der Waals surface area contributed by atoms with Crippen molar-refractivity contribution < 1.29 is 14.3 Å². The van der Waals surface area contributed by atoms with Gasteiger partial charge in [0.25, 0.3) is 0 Å². The van der Waals surface area contributed by atoms with Gasteiger partial charge in [-0.1, -0.05) is 48.0 Å². The molecule has 35 heavy (non-hydrogen) atoms. The maximum Gasteiger partial charge on any atom is 0.316 e. The number of halogens is 2. The minimum absolute atomic E-state index is 0.0404. The molecular formula is C28H20ClFN2O2S. The van der Waals surface area contributed by atoms with Gasteiger partial charge < -0.3 is 5.11 Å². The fraction of sp³-hybridized carbons (Fsp3) is 0.107. The molecule has 4 nitrogen and oxygen atoms in total. The van der Waals surface area contributed by atoms with Gasteiger partial charge in [-0.25, -0.2) is 9.37 Å². The third-order valence-electron chi connectivity index (χ3n) is 5.76. The van der Waals surface area contributed by atoms with Gasteiger partial charge in [0.1, 0.15) is 11.1 Å². The van der Waals surface area contributed by atoms with Crippen LogP contribution in [0.1, 0.15) is 24.6 Å². The van der Waals surface area contributed by atoms with E-state index >= 15 is 0 Å². The molecule has 1 aliphatic carbocycles. The summed E-state index contributed by atoms with van der Waals surface area (Å²) in [4.78, 5) is 21.6. The van der Waals surface area contributed by atoms with Gasteiger partial charge in [0.05, 0.1) is 21.9 Å². The van der Waals surface area contributed by atoms with E-state index in [-0.39, 0.29) is 5.02 Å². The third-order valence-corrected chi connectivity index (χ3v) is 7.28. The lowest BCUT2D eigenvalue weighted by atomic mass is 10.1. The summed E-state index contributed by atoms with van der Waals surface area (Å²) < 4.78 is 13.7. The Kier molecular flexibility index (Phi) is 6.41. The van der Waals surface area contributed by atoms with Crippen LogP contribution in [-0.2, 0) is 4.79 Å². The normalized spacial score (nSPS) is 15.7. The lowest BCUT2D eigenvalue weighted by molar-refractivity contribution is -0.136. The highest BCUT2D eigenvalue weighted by atomic mass is 35.5. The average molecular weight is 503 g/mol. The van der Waals surface area contributed by atoms with Crippen LogP contribution in [0.5, 0.6) is 0 Å². The molecule has 0 amide bonds. The second kappa shape index (κ2) is 9.64. The van der Waals surface area contributed by atoms with Gasteiger partial charge in [-0.15, -0.1) is 11.8 Å². The molecule has 1 N–H and O–H groups in total. The molecule has 3 aromatic rings. The number of allylic oxidation sites excluding steroid dienone is 3. The Bertz CT molecular complexity index is 1620. The van der Waals surface area contributed by atoms with E-state index < -0.39 is 17.0 Å². The number of hydrogen-bond donors (Lipinski definition) is 1. The van der Waals surface area contributed by atoms with Crippen LogP contribution in [0.15, 0.2) is 70.9 Å². The van der Waals surface area contributed by atoms with E-state index in [0.29, 0.717) is 23.0 Å². The van der Waals surface area contributed by atoms with Crippen LogP contribution in [0.3, 0.4) is 0 Å². The smallest absolute Gasteiger partial charge is 0.316 e. The van der Waals surface area contributed by atoms with Crippen molar-refractivity contribution in [2.24, 2.45) is 4.99 Å². The number of aliphatic carboxylic acids is 1. The summed E-state index contributed by atoms with van der Waals surface area (Å²) in [7, 11) is 0. The molecule has 7 heteroatoms. The number of pyridine rings is 1. The predicted octanol–water partition coefficient (Wildman–Crippen LogP) is 5.59. The fourth-order valence-electron chi connectivity index (χ4n) is 3.93. The number of carboxylic acid groups (broad SMARTS) is 1. The van der Waals surface area contributed by atoms with E-state index in [9.17, 15) is 14.3 Å². The number of benzene rings is 2. The van der Waals surface area contributed by atoms with Crippen molar-refractivity contribution in [2.75, 3.05) is 0 Å². The van der Waals surface area contributed by atoms with Crippen molar-refractivity contribution in [2.45, 2.75) is 18.6 Å². The van der Waals surface area contributed by atoms with Crippen LogP contribution in [0, 0.1) is 5.82 Å². The molecule has 2 heterocycles. The first-order valence-corrected chi connectivity index (χ1v) is 12.3. The standard InChI is InChI=1S/C28H20ClFN2O2S/c1-16(28(33)34)35-27-21-3-2-12-31-25(21)11-8-18-6-4-17(13-22(18)27)5-9-20-10-7-19-14-24(30)23(29)15-26(19)32-20/h3-16H,2H2,1H3,(H,33,34)/b9-5+. The van der Waals surface area contributed by atoms with Gasteiger partial charge in [-0.2, -0.15) is 0 Å². The Labute approximate surface area is 210 Å². The van der Waals surface area contributed by atoms with Gasteiger partial charge in [0.15, 0.2) is 0 Å². The Morgan fingerprint density at radius 1 is 1.17 bits per heavy atom. The van der Waals surface area contributed by atoms with Crippen LogP contribution in [0.2, 0.25) is 5.02 Å². The Balaban J connectivity index is 1.58. The highest BCUT2D eigenvalue weighted by molar-refractivity contribution is 8.09. The molecule has 0 saturated heterocycles. The zero-order valence-electron chi connectivity index (χ0n) is 18.7. The highest BCUT2D eigenvalue weighted by Gasteiger charge is 2.21. The summed E-state index contributed by atoms with van der Waals surface area (Å²) in [5.41, 5.74) is 4.07. The summed E-state index contributed by atoms with van der Waals surface area (Å²) >= 11 is 7.25. The van der Waals surface area contributed by atoms with Crippen molar-refractivity contribution in [1.82, 2.24) is 4.98 Å². The van der Waals surface area contributed by atoms with E-state index in [0.717, 1.165) is 32.2 Å². The average Bonchev–Trinajstić information content (AvgIpc) is 3.00. The van der Waals surface area contributed by atoms with E-state index in [4.69, 9.17) is 11.6 Å². The maximum absolute atomic E-state index is 13.7. The van der Waals surface area contributed by atoms with Crippen LogP contribution >= 0.6 is 23.4 Å². The van der Waals surface area contributed by atoms with Gasteiger partial charge in [0.2, 0.25) is 0 Å². The van der Waals surface area contributed by atoms with Crippen LogP contribution in [-0.4, -0.2) is 27.5 Å². The molecule has 174 valence electrons. The molecule has 0 spiro atoms. The molecule has 0 fully saturated rings. The number of hydrogen-bond acceptors (Lipinski definition) is 4. The second-order valence-corrected chi connectivity index (χ2v) is 9.94. The molecule has 0 radical (unpaired) electrons. The Morgan fingerprint density at radius 3 is 2.86 bits per heavy atom. The molecule has 1 aliphatic heterocycles. The number of dihydropyridines is 1. The van der Waals surface area contributed by atoms with Crippen molar-refractivity contribution in [1.29, 1.82) is 0 Å². The molecule has 2 aromatic carbocycles. The molecule has 1 unspecified atom stereocenters. The zero-order chi connectivity index (χ0) is 24.5. The second-order valence-electron chi connectivity index (χ2n) is 8.19. The summed E-state index contributed by atoms with van der Waals surface area (Å²) in [5.74, 6) is -1.33. The predicted molar refractivity (Wildman–Crippen MR) is 143 cm³/mol. The Hall–Kier alpha value is -3.48. The number of carboxylic acids is 1. The first-order valence-electron chi connectivity index (χ1n) is 11.0. The third kappa shape index (κ3) is 4.85. The Morgan fingerprint density at radius 2 is 2.03 bits per heavy atom. The lowest BCUT2D eigenvalue weighted by Crippen LogP contribution is -2.27. The van der Waals surface area contributed by atoms with E-state index in [2.05, 4.69) is 22.1 Å². The molecule has 0 saturated carbocycles. The number of fused-ring (bicyclic) bond motifs is 3. The topological polar surface area (TPSA) is 62.5 Å². The van der Waals surface area contributed by atoms with Gasteiger partial charge in [-0.05, 0) is 59.3 Å². The summed E-state index contributed by atoms with van der Waals surface area (Å²) in [5, 5.41) is 11.6. The number of rotatable bonds is 5. The number of nitrogens with zero attached hydrogens (tertiary/aromatic N) is 2. The van der Waals surface area contributed by atoms with Gasteiger partial charge in [0, 0.05) is 28.5 Å². The minimum Gasteiger partial charge on any atom is -0.480 e. The molecular weight excluding hydrogens is 483 g/mol. The zero-order valence-corrected chi connectivity index (χ0v) is 20.3. The number of thioether (sulfide) groups is 1. The highest BCUT2D eigenvalue weighted by Crippen LogP contribution is 2.35. The van der Waals surface area contributed by atoms with Crippen LogP contribution in [0.25, 0.3) is 34.0 Å². The number of carbonyl (C=O) groups is 1. The summed E-state index contributed by atoms with van der Waals surface area (Å²) in [6.45, 7) is 1.69. The van der Waals surface area contributed by atoms with Crippen molar-refractivity contribution >= 4 is 69.6 Å². The van der Waals surface area contributed by atoms with Crippen molar-refractivity contribution in [3.05, 3.63) is 98.4 Å². The van der Waals surface area contributed by atoms with Gasteiger partial charge >= 0.3 is 5.97 Å². The first-order chi connectivity index (χ1) is 16.9. The summed E-state index contributed by atoms with van der Waals surface area (Å²) in [6, 6.07) is 12.6. The van der Waals surface area contributed by atoms with E-state index in [1.165, 1.54) is 23.9 Å². The molecule has 0 bridgehead atoms. The van der Waals surface area contributed by atoms with Gasteiger partial charge in [-0.3, -0.25) is 9.79 Å². The molecule has 1 atom stereocenters. The molecule has 5 rings (SSSR count). The fourth-order valence-corrected chi connectivity index (χ4v) is 5.16. The SMILES string of the molecule is CC(SC1=c2cc(/C=C/c3ccc4cc(F)c(Cl)cc4n3)ccc2=CC=C2N=CCC=C21)C(=O)O. The number of aromatic nitrogens is 1. The van der Waals surface area contributed by atoms with Crippen LogP contribution in [0.4, 0.5) is 4.39 Å². The van der Waals surface area contributed by atoms with E-state index in [1.54, 1.807) is 6.92 Å². The van der Waals surface area contributed by atoms with E-state index in [1.807, 2.05) is 54.8 Å². The minimum atomic E-state index is -0.860. The number of aliphatic imine (C=N–C) groups is 1. The molecule has 1 aromatic heterocycles. The lowest BCUT2D eigenvalue weighted by Gasteiger charge is -2.16. The van der Waals surface area contributed by atoms with Crippen LogP contribution < -0.4 is 10.4 Å². The first kappa shape index (κ1) is 23.3.